The van der Waals surface area contributed by atoms with Gasteiger partial charge in [-0.15, -0.1) is 0 Å². The average Bonchev–Trinajstić information content (AvgIpc) is 2.71. The van der Waals surface area contributed by atoms with Crippen molar-refractivity contribution in [1.82, 2.24) is 0 Å². The number of nitrogens with one attached hydrogen (secondary N) is 1. The number of nitrogens with two attached hydrogens (primary N) is 1. The number of anilines is 1. The number of urea groups is 1. The number of amides is 2. The molecule has 0 aliphatic carbocycles. The number of ether oxygens (including phenoxy) is 2. The Morgan fingerprint density at radius 3 is 2.52 bits per heavy atom. The summed E-state index contributed by atoms with van der Waals surface area (Å²) < 4.78 is 11.4. The lowest BCUT2D eigenvalue weighted by Gasteiger charge is -2.12. The van der Waals surface area contributed by atoms with Crippen LogP contribution in [0.4, 0.5) is 10.5 Å². The molecule has 29 heavy (non-hydrogen) atoms. The van der Waals surface area contributed by atoms with Gasteiger partial charge in [0, 0.05) is 16.3 Å². The normalized spacial score (nSPS) is 10.6. The van der Waals surface area contributed by atoms with Crippen molar-refractivity contribution in [3.63, 3.8) is 0 Å². The maximum atomic E-state index is 11.0. The minimum atomic E-state index is -0.578. The maximum absolute atomic E-state index is 11.0. The molecule has 0 radical (unpaired) electrons. The Hall–Kier alpha value is -3.02. The molecule has 0 unspecified atom stereocenters. The molecule has 3 aromatic carbocycles. The summed E-state index contributed by atoms with van der Waals surface area (Å²) in [5.74, 6) is 0.787. The Morgan fingerprint density at radius 1 is 1.03 bits per heavy atom. The molecule has 3 rings (SSSR count). The second kappa shape index (κ2) is 9.96. The Bertz CT molecular complexity index is 974. The molecule has 0 heterocycles. The highest BCUT2D eigenvalue weighted by Crippen LogP contribution is 2.28. The van der Waals surface area contributed by atoms with Crippen LogP contribution in [0, 0.1) is 0 Å². The number of hydrogen-bond acceptors (Lipinski definition) is 3. The van der Waals surface area contributed by atoms with Gasteiger partial charge in [-0.25, -0.2) is 4.79 Å². The van der Waals surface area contributed by atoms with Crippen LogP contribution in [0.1, 0.15) is 11.1 Å². The van der Waals surface area contributed by atoms with E-state index in [9.17, 15) is 4.79 Å². The van der Waals surface area contributed by atoms with Gasteiger partial charge < -0.3 is 20.5 Å². The van der Waals surface area contributed by atoms with Gasteiger partial charge in [-0.3, -0.25) is 0 Å². The van der Waals surface area contributed by atoms with Crippen LogP contribution in [0.25, 0.3) is 11.1 Å². The average molecular weight is 411 g/mol. The number of halogens is 1. The summed E-state index contributed by atoms with van der Waals surface area (Å²) in [5, 5.41) is 3.28. The third kappa shape index (κ3) is 5.98. The van der Waals surface area contributed by atoms with E-state index in [4.69, 9.17) is 26.8 Å². The van der Waals surface area contributed by atoms with E-state index >= 15 is 0 Å². The predicted molar refractivity (Wildman–Crippen MR) is 116 cm³/mol. The fourth-order valence-corrected chi connectivity index (χ4v) is 3.16. The zero-order valence-corrected chi connectivity index (χ0v) is 16.9. The van der Waals surface area contributed by atoms with Crippen molar-refractivity contribution in [2.45, 2.75) is 13.0 Å². The molecule has 0 aliphatic heterocycles. The zero-order valence-electron chi connectivity index (χ0n) is 16.2. The first-order valence-corrected chi connectivity index (χ1v) is 9.59. The molecule has 0 spiro atoms. The van der Waals surface area contributed by atoms with E-state index in [1.807, 2.05) is 54.6 Å². The first kappa shape index (κ1) is 20.7. The third-order valence-corrected chi connectivity index (χ3v) is 4.70. The smallest absolute Gasteiger partial charge is 0.316 e. The molecule has 0 atom stereocenters. The maximum Gasteiger partial charge on any atom is 0.316 e. The molecule has 2 amide bonds. The van der Waals surface area contributed by atoms with E-state index in [1.165, 1.54) is 0 Å². The Kier molecular flexibility index (Phi) is 7.11. The summed E-state index contributed by atoms with van der Waals surface area (Å²) >= 11 is 5.98. The van der Waals surface area contributed by atoms with Gasteiger partial charge in [0.15, 0.2) is 0 Å². The molecule has 0 fully saturated rings. The van der Waals surface area contributed by atoms with E-state index in [0.29, 0.717) is 30.3 Å². The molecular weight excluding hydrogens is 388 g/mol. The minimum absolute atomic E-state index is 0.434. The number of rotatable bonds is 8. The number of carbonyl (C=O) groups is 1. The standard InChI is InChI=1S/C23H23ClN2O3/c1-28-22-10-7-18(17-5-8-20(24)9-6-17)14-19(22)15-29-12-11-16-3-2-4-21(13-16)26-23(25)27/h2-10,13-14H,11-12,15H2,1H3,(H3,25,26,27). The molecule has 0 saturated heterocycles. The van der Waals surface area contributed by atoms with Gasteiger partial charge in [0.2, 0.25) is 0 Å². The summed E-state index contributed by atoms with van der Waals surface area (Å²) in [7, 11) is 1.65. The van der Waals surface area contributed by atoms with Crippen molar-refractivity contribution < 1.29 is 14.3 Å². The Morgan fingerprint density at radius 2 is 1.79 bits per heavy atom. The summed E-state index contributed by atoms with van der Waals surface area (Å²) in [6, 6.07) is 20.7. The van der Waals surface area contributed by atoms with Gasteiger partial charge in [-0.2, -0.15) is 0 Å². The molecule has 0 aliphatic rings. The lowest BCUT2D eigenvalue weighted by molar-refractivity contribution is 0.122. The van der Waals surface area contributed by atoms with Crippen LogP contribution < -0.4 is 15.8 Å². The zero-order chi connectivity index (χ0) is 20.6. The number of carbonyl (C=O) groups excluding carboxylic acids is 1. The van der Waals surface area contributed by atoms with Crippen LogP contribution in [-0.4, -0.2) is 19.7 Å². The number of methoxy groups -OCH3 is 1. The largest absolute Gasteiger partial charge is 0.496 e. The number of benzene rings is 3. The number of primary amides is 1. The van der Waals surface area contributed by atoms with Crippen LogP contribution in [0.15, 0.2) is 66.7 Å². The van der Waals surface area contributed by atoms with Crippen molar-refractivity contribution in [3.05, 3.63) is 82.9 Å². The molecule has 5 nitrogen and oxygen atoms in total. The van der Waals surface area contributed by atoms with E-state index < -0.39 is 6.03 Å². The van der Waals surface area contributed by atoms with Crippen LogP contribution in [0.5, 0.6) is 5.75 Å². The van der Waals surface area contributed by atoms with Crippen LogP contribution >= 0.6 is 11.6 Å². The van der Waals surface area contributed by atoms with Gasteiger partial charge >= 0.3 is 6.03 Å². The summed E-state index contributed by atoms with van der Waals surface area (Å²) in [4.78, 5) is 11.0. The van der Waals surface area contributed by atoms with Gasteiger partial charge in [-0.05, 0) is 59.5 Å². The van der Waals surface area contributed by atoms with Crippen molar-refractivity contribution >= 4 is 23.3 Å². The molecule has 0 saturated carbocycles. The van der Waals surface area contributed by atoms with Gasteiger partial charge in [-0.1, -0.05) is 41.9 Å². The topological polar surface area (TPSA) is 73.6 Å². The second-order valence-corrected chi connectivity index (χ2v) is 6.96. The minimum Gasteiger partial charge on any atom is -0.496 e. The van der Waals surface area contributed by atoms with E-state index in [-0.39, 0.29) is 0 Å². The van der Waals surface area contributed by atoms with E-state index in [1.54, 1.807) is 13.2 Å². The highest BCUT2D eigenvalue weighted by Gasteiger charge is 2.07. The summed E-state index contributed by atoms with van der Waals surface area (Å²) in [5.41, 5.74) is 10.0. The first-order chi connectivity index (χ1) is 14.0. The monoisotopic (exact) mass is 410 g/mol. The third-order valence-electron chi connectivity index (χ3n) is 4.45. The lowest BCUT2D eigenvalue weighted by atomic mass is 10.0. The molecule has 6 heteroatoms. The molecular formula is C23H23ClN2O3. The first-order valence-electron chi connectivity index (χ1n) is 9.21. The lowest BCUT2D eigenvalue weighted by Crippen LogP contribution is -2.19. The van der Waals surface area contributed by atoms with E-state index in [2.05, 4.69) is 11.4 Å². The fraction of sp³-hybridized carbons (Fsp3) is 0.174. The SMILES string of the molecule is COc1ccc(-c2ccc(Cl)cc2)cc1COCCc1cccc(NC(N)=O)c1. The van der Waals surface area contributed by atoms with Crippen molar-refractivity contribution in [2.75, 3.05) is 19.0 Å². The van der Waals surface area contributed by atoms with Gasteiger partial charge in [0.25, 0.3) is 0 Å². The predicted octanol–water partition coefficient (Wildman–Crippen LogP) is 5.27. The molecule has 3 N–H and O–H groups in total. The summed E-state index contributed by atoms with van der Waals surface area (Å²) in [6.07, 6.45) is 0.716. The molecule has 0 bridgehead atoms. The fourth-order valence-electron chi connectivity index (χ4n) is 3.03. The Labute approximate surface area is 175 Å². The van der Waals surface area contributed by atoms with E-state index in [0.717, 1.165) is 28.0 Å². The highest BCUT2D eigenvalue weighted by molar-refractivity contribution is 6.30. The second-order valence-electron chi connectivity index (χ2n) is 6.53. The van der Waals surface area contributed by atoms with Gasteiger partial charge in [0.05, 0.1) is 20.3 Å². The Balaban J connectivity index is 1.62. The number of hydrogen-bond donors (Lipinski definition) is 2. The molecule has 0 aromatic heterocycles. The van der Waals surface area contributed by atoms with Crippen molar-refractivity contribution in [3.8, 4) is 16.9 Å². The molecule has 150 valence electrons. The summed E-state index contributed by atoms with van der Waals surface area (Å²) in [6.45, 7) is 0.970. The van der Waals surface area contributed by atoms with Crippen LogP contribution in [0.2, 0.25) is 5.02 Å². The molecule has 3 aromatic rings. The van der Waals surface area contributed by atoms with Crippen LogP contribution in [-0.2, 0) is 17.8 Å². The van der Waals surface area contributed by atoms with Gasteiger partial charge in [0.1, 0.15) is 5.75 Å². The highest BCUT2D eigenvalue weighted by atomic mass is 35.5. The van der Waals surface area contributed by atoms with Crippen LogP contribution in [0.3, 0.4) is 0 Å². The quantitative estimate of drug-likeness (QED) is 0.497. The van der Waals surface area contributed by atoms with Crippen molar-refractivity contribution in [1.29, 1.82) is 0 Å². The van der Waals surface area contributed by atoms with Crippen molar-refractivity contribution in [2.24, 2.45) is 5.73 Å².